The summed E-state index contributed by atoms with van der Waals surface area (Å²) in [5.41, 5.74) is 6.87. The zero-order chi connectivity index (χ0) is 19.3. The topological polar surface area (TPSA) is 38.9 Å². The van der Waals surface area contributed by atoms with Gasteiger partial charge in [0.25, 0.3) is 0 Å². The first kappa shape index (κ1) is 16.6. The molecule has 0 atom stereocenters. The largest absolute Gasteiger partial charge is 0.437 e. The van der Waals surface area contributed by atoms with Crippen LogP contribution in [-0.4, -0.2) is 9.97 Å². The minimum atomic E-state index is -0.257. The number of hydrogen-bond acceptors (Lipinski definition) is 3. The molecule has 0 radical (unpaired) electrons. The van der Waals surface area contributed by atoms with Crippen molar-refractivity contribution in [2.45, 2.75) is 13.8 Å². The highest BCUT2D eigenvalue weighted by Crippen LogP contribution is 2.37. The third-order valence-corrected chi connectivity index (χ3v) is 5.03. The highest BCUT2D eigenvalue weighted by atomic mass is 19.1. The second-order valence-electron chi connectivity index (χ2n) is 6.98. The molecular weight excluding hydrogens is 351 g/mol. The number of fused-ring (bicyclic) bond motifs is 3. The molecule has 136 valence electrons. The molecule has 0 N–H and O–H groups in total. The van der Waals surface area contributed by atoms with Crippen LogP contribution in [0.5, 0.6) is 0 Å². The van der Waals surface area contributed by atoms with E-state index >= 15 is 0 Å². The van der Waals surface area contributed by atoms with Crippen molar-refractivity contribution in [2.24, 2.45) is 0 Å². The van der Waals surface area contributed by atoms with E-state index in [4.69, 9.17) is 4.42 Å². The zero-order valence-corrected chi connectivity index (χ0v) is 15.5. The van der Waals surface area contributed by atoms with E-state index < -0.39 is 0 Å². The molecule has 3 nitrogen and oxygen atoms in total. The van der Waals surface area contributed by atoms with E-state index in [0.717, 1.165) is 50.0 Å². The van der Waals surface area contributed by atoms with Gasteiger partial charge >= 0.3 is 0 Å². The Kier molecular flexibility index (Phi) is 3.72. The fraction of sp³-hybridized carbons (Fsp3) is 0.0833. The van der Waals surface area contributed by atoms with Crippen molar-refractivity contribution in [3.05, 3.63) is 83.9 Å². The molecule has 5 rings (SSSR count). The Hall–Kier alpha value is -3.53. The summed E-state index contributed by atoms with van der Waals surface area (Å²) in [6, 6.07) is 18.6. The normalized spacial score (nSPS) is 11.4. The summed E-state index contributed by atoms with van der Waals surface area (Å²) < 4.78 is 19.6. The minimum absolute atomic E-state index is 0.257. The third-order valence-electron chi connectivity index (χ3n) is 5.03. The Morgan fingerprint density at radius 3 is 2.50 bits per heavy atom. The van der Waals surface area contributed by atoms with Crippen LogP contribution >= 0.6 is 0 Å². The van der Waals surface area contributed by atoms with Crippen LogP contribution in [0.25, 0.3) is 44.5 Å². The maximum Gasteiger partial charge on any atom is 0.227 e. The van der Waals surface area contributed by atoms with Gasteiger partial charge in [-0.1, -0.05) is 30.3 Å². The summed E-state index contributed by atoms with van der Waals surface area (Å²) in [7, 11) is 0. The fourth-order valence-corrected chi connectivity index (χ4v) is 3.61. The zero-order valence-electron chi connectivity index (χ0n) is 15.5. The number of rotatable bonds is 2. The minimum Gasteiger partial charge on any atom is -0.437 e. The molecule has 0 aliphatic rings. The molecule has 5 aromatic rings. The van der Waals surface area contributed by atoms with Crippen molar-refractivity contribution in [3.8, 4) is 22.4 Å². The number of aryl methyl sites for hydroxylation is 2. The second-order valence-corrected chi connectivity index (χ2v) is 6.98. The first-order chi connectivity index (χ1) is 13.6. The summed E-state index contributed by atoms with van der Waals surface area (Å²) in [5.74, 6) is -0.257. The van der Waals surface area contributed by atoms with E-state index in [2.05, 4.69) is 22.1 Å². The Morgan fingerprint density at radius 1 is 0.857 bits per heavy atom. The summed E-state index contributed by atoms with van der Waals surface area (Å²) >= 11 is 0. The number of benzene rings is 2. The van der Waals surface area contributed by atoms with Gasteiger partial charge in [-0.15, -0.1) is 0 Å². The Balaban J connectivity index is 1.68. The van der Waals surface area contributed by atoms with Gasteiger partial charge in [-0.2, -0.15) is 0 Å². The molecule has 2 aromatic carbocycles. The summed E-state index contributed by atoms with van der Waals surface area (Å²) in [4.78, 5) is 9.17. The van der Waals surface area contributed by atoms with Crippen LogP contribution < -0.4 is 0 Å². The van der Waals surface area contributed by atoms with Gasteiger partial charge in [0.2, 0.25) is 5.71 Å². The van der Waals surface area contributed by atoms with Crippen LogP contribution in [0.4, 0.5) is 4.39 Å². The van der Waals surface area contributed by atoms with E-state index in [0.29, 0.717) is 5.71 Å². The Morgan fingerprint density at radius 2 is 1.71 bits per heavy atom. The quantitative estimate of drug-likeness (QED) is 0.359. The van der Waals surface area contributed by atoms with Crippen LogP contribution in [0, 0.1) is 19.7 Å². The van der Waals surface area contributed by atoms with E-state index in [-0.39, 0.29) is 5.82 Å². The summed E-state index contributed by atoms with van der Waals surface area (Å²) in [6.45, 7) is 3.99. The van der Waals surface area contributed by atoms with Crippen molar-refractivity contribution in [2.75, 3.05) is 0 Å². The van der Waals surface area contributed by atoms with Crippen LogP contribution in [0.15, 0.2) is 71.3 Å². The van der Waals surface area contributed by atoms with Gasteiger partial charge in [0.05, 0.1) is 5.69 Å². The molecule has 0 aliphatic carbocycles. The van der Waals surface area contributed by atoms with Crippen molar-refractivity contribution in [1.29, 1.82) is 0 Å². The van der Waals surface area contributed by atoms with Gasteiger partial charge in [0.15, 0.2) is 0 Å². The molecular formula is C24H17FN2O. The van der Waals surface area contributed by atoms with Gasteiger partial charge in [-0.3, -0.25) is 4.98 Å². The maximum atomic E-state index is 13.5. The van der Waals surface area contributed by atoms with E-state index in [1.165, 1.54) is 12.1 Å². The molecule has 0 saturated heterocycles. The van der Waals surface area contributed by atoms with E-state index in [1.54, 1.807) is 12.3 Å². The molecule has 0 spiro atoms. The molecule has 4 heteroatoms. The van der Waals surface area contributed by atoms with Gasteiger partial charge in [0, 0.05) is 33.8 Å². The number of pyridine rings is 2. The Bertz CT molecular complexity index is 1340. The van der Waals surface area contributed by atoms with Crippen LogP contribution in [0.2, 0.25) is 0 Å². The molecule has 0 fully saturated rings. The number of furan rings is 1. The smallest absolute Gasteiger partial charge is 0.227 e. The lowest BCUT2D eigenvalue weighted by Gasteiger charge is -2.08. The molecule has 3 aromatic heterocycles. The molecule has 0 amide bonds. The number of nitrogens with zero attached hydrogens (tertiary/aromatic N) is 2. The standard InChI is InChI=1S/C24H17FN2O/c1-14-6-9-19-20-10-7-15(2)27-24(20)28-23(19)22(14)21-11-8-17(13-26-21)16-4-3-5-18(25)12-16/h3-13H,1-2H3. The van der Waals surface area contributed by atoms with E-state index in [1.807, 2.05) is 44.2 Å². The number of hydrogen-bond donors (Lipinski definition) is 0. The maximum absolute atomic E-state index is 13.5. The van der Waals surface area contributed by atoms with Gasteiger partial charge in [-0.05, 0) is 55.3 Å². The average molecular weight is 368 g/mol. The lowest BCUT2D eigenvalue weighted by molar-refractivity contribution is 0.628. The third kappa shape index (κ3) is 2.65. The summed E-state index contributed by atoms with van der Waals surface area (Å²) in [5, 5.41) is 2.03. The highest BCUT2D eigenvalue weighted by Gasteiger charge is 2.16. The van der Waals surface area contributed by atoms with Crippen molar-refractivity contribution in [3.63, 3.8) is 0 Å². The Labute approximate surface area is 161 Å². The lowest BCUT2D eigenvalue weighted by Crippen LogP contribution is -1.89. The second kappa shape index (κ2) is 6.27. The SMILES string of the molecule is Cc1ccc2c(n1)oc1c(-c3ccc(-c4cccc(F)c4)cn3)c(C)ccc12. The monoisotopic (exact) mass is 368 g/mol. The first-order valence-corrected chi connectivity index (χ1v) is 9.12. The first-order valence-electron chi connectivity index (χ1n) is 9.12. The van der Waals surface area contributed by atoms with Gasteiger partial charge < -0.3 is 4.42 Å². The summed E-state index contributed by atoms with van der Waals surface area (Å²) in [6.07, 6.45) is 1.77. The predicted molar refractivity (Wildman–Crippen MR) is 110 cm³/mol. The van der Waals surface area contributed by atoms with Gasteiger partial charge in [-0.25, -0.2) is 9.37 Å². The van der Waals surface area contributed by atoms with Crippen molar-refractivity contribution < 1.29 is 8.81 Å². The van der Waals surface area contributed by atoms with Crippen molar-refractivity contribution in [1.82, 2.24) is 9.97 Å². The van der Waals surface area contributed by atoms with E-state index in [9.17, 15) is 4.39 Å². The molecule has 0 bridgehead atoms. The fourth-order valence-electron chi connectivity index (χ4n) is 3.61. The van der Waals surface area contributed by atoms with Crippen LogP contribution in [0.1, 0.15) is 11.3 Å². The molecule has 0 saturated carbocycles. The number of aromatic nitrogens is 2. The lowest BCUT2D eigenvalue weighted by atomic mass is 10.00. The highest BCUT2D eigenvalue weighted by molar-refractivity contribution is 6.09. The van der Waals surface area contributed by atoms with Crippen LogP contribution in [0.3, 0.4) is 0 Å². The molecule has 3 heterocycles. The average Bonchev–Trinajstić information content (AvgIpc) is 3.05. The molecule has 0 aliphatic heterocycles. The van der Waals surface area contributed by atoms with Gasteiger partial charge in [0.1, 0.15) is 11.4 Å². The molecule has 0 unspecified atom stereocenters. The molecule has 28 heavy (non-hydrogen) atoms. The van der Waals surface area contributed by atoms with Crippen LogP contribution in [-0.2, 0) is 0 Å². The number of halogens is 1. The van der Waals surface area contributed by atoms with Crippen molar-refractivity contribution >= 4 is 22.1 Å². The predicted octanol–water partition coefficient (Wildman–Crippen LogP) is 6.47.